The molecule has 3 heterocycles. The van der Waals surface area contributed by atoms with Gasteiger partial charge in [-0.2, -0.15) is 0 Å². The first kappa shape index (κ1) is 19.5. The van der Waals surface area contributed by atoms with Gasteiger partial charge in [-0.05, 0) is 73.9 Å². The Morgan fingerprint density at radius 2 is 2.06 bits per heavy atom. The van der Waals surface area contributed by atoms with E-state index in [0.29, 0.717) is 24.1 Å². The summed E-state index contributed by atoms with van der Waals surface area (Å²) in [6, 6.07) is 10.4. The van der Waals surface area contributed by atoms with Crippen molar-refractivity contribution in [3.05, 3.63) is 35.9 Å². The van der Waals surface area contributed by atoms with Crippen molar-refractivity contribution >= 4 is 43.6 Å². The van der Waals surface area contributed by atoms with Crippen LogP contribution >= 0.6 is 11.3 Å². The third-order valence-electron chi connectivity index (χ3n) is 6.57. The maximum absolute atomic E-state index is 12.0. The third-order valence-corrected chi connectivity index (χ3v) is 7.44. The summed E-state index contributed by atoms with van der Waals surface area (Å²) in [7, 11) is 0. The largest absolute Gasteiger partial charge is 0.491 e. The van der Waals surface area contributed by atoms with Crippen molar-refractivity contribution in [2.75, 3.05) is 12.3 Å². The SMILES string of the molecule is NC(=O)[C@@H](Cc1cc2c3c(c1)nc(-c1ccc4sc(N)nc4c1)n3CCCCO2)C1CC1. The topological polar surface area (TPSA) is 109 Å². The molecule has 1 fully saturated rings. The molecular weight excluding hydrogens is 422 g/mol. The van der Waals surface area contributed by atoms with Gasteiger partial charge < -0.3 is 20.8 Å². The number of carbonyl (C=O) groups is 1. The third kappa shape index (κ3) is 3.39. The second kappa shape index (κ2) is 7.48. The van der Waals surface area contributed by atoms with E-state index in [1.807, 2.05) is 0 Å². The average Bonchev–Trinajstić information content (AvgIpc) is 3.41. The lowest BCUT2D eigenvalue weighted by atomic mass is 9.93. The first-order valence-corrected chi connectivity index (χ1v) is 12.0. The molecule has 0 saturated heterocycles. The highest BCUT2D eigenvalue weighted by Crippen LogP contribution is 2.40. The van der Waals surface area contributed by atoms with Gasteiger partial charge in [0.2, 0.25) is 5.91 Å². The number of amides is 1. The van der Waals surface area contributed by atoms with Crippen LogP contribution < -0.4 is 16.2 Å². The molecule has 32 heavy (non-hydrogen) atoms. The number of ether oxygens (including phenoxy) is 1. The second-order valence-corrected chi connectivity index (χ2v) is 9.95. The summed E-state index contributed by atoms with van der Waals surface area (Å²) in [5, 5.41) is 0.569. The molecule has 0 bridgehead atoms. The van der Waals surface area contributed by atoms with Crippen molar-refractivity contribution in [2.45, 2.75) is 38.6 Å². The minimum absolute atomic E-state index is 0.118. The fourth-order valence-electron chi connectivity index (χ4n) is 4.84. The van der Waals surface area contributed by atoms with Gasteiger partial charge in [0.05, 0.1) is 22.3 Å². The average molecular weight is 448 g/mol. The Kier molecular flexibility index (Phi) is 4.57. The first-order valence-electron chi connectivity index (χ1n) is 11.2. The Balaban J connectivity index is 1.49. The number of anilines is 1. The summed E-state index contributed by atoms with van der Waals surface area (Å²) in [4.78, 5) is 21.5. The summed E-state index contributed by atoms with van der Waals surface area (Å²) in [5.41, 5.74) is 16.5. The molecule has 8 heteroatoms. The number of aromatic nitrogens is 3. The van der Waals surface area contributed by atoms with Gasteiger partial charge in [-0.15, -0.1) is 0 Å². The number of benzene rings is 2. The monoisotopic (exact) mass is 447 g/mol. The number of hydrogen-bond acceptors (Lipinski definition) is 6. The number of nitrogens with zero attached hydrogens (tertiary/aromatic N) is 3. The summed E-state index contributed by atoms with van der Waals surface area (Å²) in [5.74, 6) is 1.84. The van der Waals surface area contributed by atoms with Crippen molar-refractivity contribution in [3.8, 4) is 17.1 Å². The van der Waals surface area contributed by atoms with Crippen LogP contribution in [0.4, 0.5) is 5.13 Å². The highest BCUT2D eigenvalue weighted by atomic mass is 32.1. The molecule has 1 aliphatic heterocycles. The van der Waals surface area contributed by atoms with Crippen molar-refractivity contribution < 1.29 is 9.53 Å². The molecule has 2 aromatic carbocycles. The fourth-order valence-corrected chi connectivity index (χ4v) is 5.56. The number of imidazole rings is 1. The van der Waals surface area contributed by atoms with Crippen molar-refractivity contribution in [2.24, 2.45) is 17.6 Å². The quantitative estimate of drug-likeness (QED) is 0.478. The van der Waals surface area contributed by atoms with Crippen LogP contribution in [0, 0.1) is 11.8 Å². The van der Waals surface area contributed by atoms with Crippen LogP contribution in [-0.4, -0.2) is 27.0 Å². The molecule has 2 aromatic heterocycles. The van der Waals surface area contributed by atoms with Gasteiger partial charge in [0.25, 0.3) is 0 Å². The van der Waals surface area contributed by atoms with E-state index >= 15 is 0 Å². The van der Waals surface area contributed by atoms with Crippen LogP contribution in [0.2, 0.25) is 0 Å². The van der Waals surface area contributed by atoms with Gasteiger partial charge in [-0.25, -0.2) is 9.97 Å². The zero-order valence-corrected chi connectivity index (χ0v) is 18.5. The van der Waals surface area contributed by atoms with Crippen LogP contribution in [0.1, 0.15) is 31.2 Å². The number of rotatable bonds is 5. The number of thiazole rings is 1. The predicted molar refractivity (Wildman–Crippen MR) is 127 cm³/mol. The molecule has 4 N–H and O–H groups in total. The highest BCUT2D eigenvalue weighted by Gasteiger charge is 2.35. The number of aryl methyl sites for hydroxylation is 1. The first-order chi connectivity index (χ1) is 15.6. The molecule has 1 amide bonds. The Bertz CT molecular complexity index is 1350. The summed E-state index contributed by atoms with van der Waals surface area (Å²) >= 11 is 1.49. The Labute approximate surface area is 189 Å². The number of nitrogen functional groups attached to an aromatic ring is 1. The predicted octanol–water partition coefficient (Wildman–Crippen LogP) is 4.12. The lowest BCUT2D eigenvalue weighted by molar-refractivity contribution is -0.122. The normalized spacial score (nSPS) is 17.1. The number of nitrogens with two attached hydrogens (primary N) is 2. The molecule has 1 aliphatic carbocycles. The lowest BCUT2D eigenvalue weighted by Crippen LogP contribution is -2.26. The smallest absolute Gasteiger partial charge is 0.221 e. The van der Waals surface area contributed by atoms with Gasteiger partial charge in [0.15, 0.2) is 5.13 Å². The van der Waals surface area contributed by atoms with E-state index in [2.05, 4.69) is 39.9 Å². The number of fused-ring (bicyclic) bond motifs is 1. The summed E-state index contributed by atoms with van der Waals surface area (Å²) in [6.45, 7) is 1.57. The van der Waals surface area contributed by atoms with E-state index in [1.54, 1.807) is 0 Å². The van der Waals surface area contributed by atoms with Crippen molar-refractivity contribution in [1.29, 1.82) is 0 Å². The Morgan fingerprint density at radius 1 is 1.19 bits per heavy atom. The Morgan fingerprint density at radius 3 is 2.88 bits per heavy atom. The van der Waals surface area contributed by atoms with Crippen LogP contribution in [0.3, 0.4) is 0 Å². The maximum Gasteiger partial charge on any atom is 0.221 e. The Hall–Kier alpha value is -3.13. The highest BCUT2D eigenvalue weighted by molar-refractivity contribution is 7.22. The van der Waals surface area contributed by atoms with Crippen molar-refractivity contribution in [1.82, 2.24) is 14.5 Å². The number of hydrogen-bond donors (Lipinski definition) is 2. The molecule has 0 radical (unpaired) electrons. The number of primary amides is 1. The molecule has 164 valence electrons. The van der Waals surface area contributed by atoms with Crippen LogP contribution in [0.5, 0.6) is 5.75 Å². The fraction of sp³-hybridized carbons (Fsp3) is 0.375. The summed E-state index contributed by atoms with van der Waals surface area (Å²) in [6.07, 6.45) is 4.81. The standard InChI is InChI=1S/C24H25N5O2S/c25-22(30)16(14-3-4-14)9-13-10-18-21-19(11-13)31-8-2-1-7-29(21)23(27-18)15-5-6-20-17(12-15)28-24(26)32-20/h5-6,10-12,14,16H,1-4,7-9H2,(H2,25,30)(H2,26,28)/t16-/m0/s1. The van der Waals surface area contributed by atoms with E-state index < -0.39 is 0 Å². The zero-order chi connectivity index (χ0) is 21.8. The molecule has 1 saturated carbocycles. The van der Waals surface area contributed by atoms with Gasteiger partial charge in [0.1, 0.15) is 17.1 Å². The zero-order valence-electron chi connectivity index (χ0n) is 17.7. The molecule has 2 aliphatic rings. The molecular formula is C24H25N5O2S. The maximum atomic E-state index is 12.0. The number of carbonyl (C=O) groups excluding carboxylic acids is 1. The summed E-state index contributed by atoms with van der Waals surface area (Å²) < 4.78 is 9.51. The second-order valence-electron chi connectivity index (χ2n) is 8.89. The van der Waals surface area contributed by atoms with E-state index in [0.717, 1.165) is 76.2 Å². The molecule has 0 spiro atoms. The van der Waals surface area contributed by atoms with Crippen LogP contribution in [-0.2, 0) is 17.8 Å². The van der Waals surface area contributed by atoms with Gasteiger partial charge in [0, 0.05) is 18.0 Å². The lowest BCUT2D eigenvalue weighted by Gasteiger charge is -2.18. The van der Waals surface area contributed by atoms with Gasteiger partial charge >= 0.3 is 0 Å². The van der Waals surface area contributed by atoms with Crippen LogP contribution in [0.15, 0.2) is 30.3 Å². The van der Waals surface area contributed by atoms with E-state index in [9.17, 15) is 4.79 Å². The van der Waals surface area contributed by atoms with E-state index in [4.69, 9.17) is 21.2 Å². The molecule has 6 rings (SSSR count). The minimum atomic E-state index is -0.210. The van der Waals surface area contributed by atoms with Crippen LogP contribution in [0.25, 0.3) is 32.6 Å². The molecule has 1 atom stereocenters. The minimum Gasteiger partial charge on any atom is -0.491 e. The van der Waals surface area contributed by atoms with E-state index in [-0.39, 0.29) is 11.8 Å². The molecule has 7 nitrogen and oxygen atoms in total. The van der Waals surface area contributed by atoms with Gasteiger partial charge in [-0.3, -0.25) is 4.79 Å². The van der Waals surface area contributed by atoms with Crippen molar-refractivity contribution in [3.63, 3.8) is 0 Å². The molecule has 4 aromatic rings. The molecule has 0 unspecified atom stereocenters. The van der Waals surface area contributed by atoms with E-state index in [1.165, 1.54) is 11.3 Å². The van der Waals surface area contributed by atoms with Gasteiger partial charge in [-0.1, -0.05) is 11.3 Å².